The Balaban J connectivity index is 4.02. The first-order valence-corrected chi connectivity index (χ1v) is 12.9. The molecule has 0 aromatic rings. The monoisotopic (exact) mass is 431 g/mol. The van der Waals surface area contributed by atoms with E-state index in [2.05, 4.69) is 41.2 Å². The van der Waals surface area contributed by atoms with Crippen LogP contribution in [0, 0.1) is 0 Å². The molecule has 0 saturated heterocycles. The van der Waals surface area contributed by atoms with Crippen molar-refractivity contribution in [3.05, 3.63) is 0 Å². The first-order chi connectivity index (χ1) is 12.8. The maximum absolute atomic E-state index is 3.43. The summed E-state index contributed by atoms with van der Waals surface area (Å²) in [6.45, 7) is 9.46. The van der Waals surface area contributed by atoms with Gasteiger partial charge in [0.2, 0.25) is 0 Å². The number of nitrogens with zero attached hydrogens (tertiary/aromatic N) is 1. The molecule has 0 aromatic carbocycles. The Bertz CT molecular complexity index is 274. The summed E-state index contributed by atoms with van der Waals surface area (Å²) in [5, 5.41) is 0. The van der Waals surface area contributed by atoms with Crippen molar-refractivity contribution >= 4 is 20.1 Å². The van der Waals surface area contributed by atoms with E-state index >= 15 is 0 Å². The Morgan fingerprint density at radius 2 is 0.846 bits per heavy atom. The molecule has 0 spiro atoms. The van der Waals surface area contributed by atoms with Gasteiger partial charge in [-0.25, -0.2) is 0 Å². The Morgan fingerprint density at radius 1 is 0.500 bits per heavy atom. The van der Waals surface area contributed by atoms with Crippen LogP contribution in [0.4, 0.5) is 0 Å². The topological polar surface area (TPSA) is 3.24 Å². The Morgan fingerprint density at radius 3 is 1.27 bits per heavy atom. The molecule has 0 N–H and O–H groups in total. The van der Waals surface area contributed by atoms with Gasteiger partial charge in [0, 0.05) is 0 Å². The maximum atomic E-state index is 3.43. The van der Waals surface area contributed by atoms with Gasteiger partial charge in [-0.1, -0.05) is 0 Å². The normalized spacial score (nSPS) is 11.0. The molecular formula is C24H49NSe. The van der Waals surface area contributed by atoms with E-state index in [4.69, 9.17) is 0 Å². The van der Waals surface area contributed by atoms with E-state index in [1.807, 2.05) is 0 Å². The Labute approximate surface area is 174 Å². The van der Waals surface area contributed by atoms with Gasteiger partial charge >= 0.3 is 174 Å². The molecular weight excluding hydrogens is 381 g/mol. The van der Waals surface area contributed by atoms with Crippen LogP contribution >= 0.6 is 0 Å². The molecule has 0 amide bonds. The molecule has 1 nitrogen and oxygen atoms in total. The minimum atomic E-state index is 1.27. The average molecular weight is 431 g/mol. The van der Waals surface area contributed by atoms with Crippen molar-refractivity contribution in [2.45, 2.75) is 136 Å². The van der Waals surface area contributed by atoms with Crippen LogP contribution in [0.25, 0.3) is 0 Å². The summed E-state index contributed by atoms with van der Waals surface area (Å²) < 4.78 is 1.55. The molecule has 0 fully saturated rings. The average Bonchev–Trinajstić information content (AvgIpc) is 2.65. The van der Waals surface area contributed by atoms with Gasteiger partial charge in [-0.3, -0.25) is 0 Å². The van der Waals surface area contributed by atoms with E-state index in [9.17, 15) is 0 Å². The van der Waals surface area contributed by atoms with Crippen molar-refractivity contribution in [1.82, 2.24) is 4.90 Å². The molecule has 0 saturated carbocycles. The van der Waals surface area contributed by atoms with E-state index < -0.39 is 0 Å². The molecule has 0 aromatic heterocycles. The molecule has 0 bridgehead atoms. The molecule has 0 aliphatic rings. The zero-order chi connectivity index (χ0) is 19.3. The third-order valence-corrected chi connectivity index (χ3v) is 6.38. The summed E-state index contributed by atoms with van der Waals surface area (Å²) >= 11 is 3.43. The standard InChI is InChI=1S/C24H49NSe/c1-4-7-10-13-16-19-22-25(23-20-17-14-11-8-5-2)24(26)21-18-15-12-9-6-3/h4-23H2,1-3H3. The number of unbranched alkanes of at least 4 members (excludes halogenated alkanes) is 14. The molecule has 156 valence electrons. The van der Waals surface area contributed by atoms with Crippen LogP contribution in [-0.4, -0.2) is 38.1 Å². The predicted molar refractivity (Wildman–Crippen MR) is 122 cm³/mol. The molecule has 0 heterocycles. The van der Waals surface area contributed by atoms with Crippen molar-refractivity contribution in [2.24, 2.45) is 0 Å². The molecule has 26 heavy (non-hydrogen) atoms. The van der Waals surface area contributed by atoms with Gasteiger partial charge in [0.15, 0.2) is 0 Å². The zero-order valence-corrected chi connectivity index (χ0v) is 20.2. The quantitative estimate of drug-likeness (QED) is 0.133. The van der Waals surface area contributed by atoms with Crippen LogP contribution in [-0.2, 0) is 0 Å². The fraction of sp³-hybridized carbons (Fsp3) is 0.958. The molecule has 2 heteroatoms. The second-order valence-corrected chi connectivity index (χ2v) is 9.07. The van der Waals surface area contributed by atoms with E-state index in [0.29, 0.717) is 0 Å². The van der Waals surface area contributed by atoms with Gasteiger partial charge < -0.3 is 0 Å². The molecule has 0 unspecified atom stereocenters. The third-order valence-electron chi connectivity index (χ3n) is 5.41. The van der Waals surface area contributed by atoms with Gasteiger partial charge in [0.05, 0.1) is 0 Å². The molecule has 0 atom stereocenters. The molecule has 0 radical (unpaired) electrons. The molecule has 0 aliphatic carbocycles. The van der Waals surface area contributed by atoms with E-state index in [-0.39, 0.29) is 0 Å². The first kappa shape index (κ1) is 26.2. The summed E-state index contributed by atoms with van der Waals surface area (Å²) in [6, 6.07) is 0. The van der Waals surface area contributed by atoms with Gasteiger partial charge in [-0.05, 0) is 0 Å². The second kappa shape index (κ2) is 21.5. The first-order valence-electron chi connectivity index (χ1n) is 12.0. The number of hydrogen-bond acceptors (Lipinski definition) is 1. The van der Waals surface area contributed by atoms with Gasteiger partial charge in [-0.2, -0.15) is 0 Å². The summed E-state index contributed by atoms with van der Waals surface area (Å²) in [7, 11) is 0. The second-order valence-electron chi connectivity index (χ2n) is 8.08. The summed E-state index contributed by atoms with van der Waals surface area (Å²) in [6.07, 6.45) is 25.0. The summed E-state index contributed by atoms with van der Waals surface area (Å²) in [5.41, 5.74) is 0. The van der Waals surface area contributed by atoms with Crippen LogP contribution in [0.2, 0.25) is 0 Å². The van der Waals surface area contributed by atoms with Crippen molar-refractivity contribution in [3.63, 3.8) is 0 Å². The number of hydrogen-bond donors (Lipinski definition) is 0. The van der Waals surface area contributed by atoms with Gasteiger partial charge in [0.1, 0.15) is 0 Å². The third kappa shape index (κ3) is 17.6. The van der Waals surface area contributed by atoms with E-state index in [0.717, 1.165) is 0 Å². The van der Waals surface area contributed by atoms with Crippen molar-refractivity contribution in [3.8, 4) is 0 Å². The van der Waals surface area contributed by atoms with E-state index in [1.165, 1.54) is 129 Å². The molecule has 0 aliphatic heterocycles. The van der Waals surface area contributed by atoms with Gasteiger partial charge in [-0.15, -0.1) is 0 Å². The van der Waals surface area contributed by atoms with Crippen LogP contribution in [0.5, 0.6) is 0 Å². The summed E-state index contributed by atoms with van der Waals surface area (Å²) in [4.78, 5) is 2.69. The van der Waals surface area contributed by atoms with Crippen molar-refractivity contribution in [1.29, 1.82) is 0 Å². The van der Waals surface area contributed by atoms with E-state index in [1.54, 1.807) is 4.54 Å². The SMILES string of the molecule is CCCCCCCCN(CCCCCCCC)C(=[Se])CCCCCCC. The number of rotatable bonds is 21. The van der Waals surface area contributed by atoms with Crippen molar-refractivity contribution in [2.75, 3.05) is 13.1 Å². The fourth-order valence-electron chi connectivity index (χ4n) is 3.57. The fourth-order valence-corrected chi connectivity index (χ4v) is 4.25. The predicted octanol–water partition coefficient (Wildman–Crippen LogP) is 7.67. The van der Waals surface area contributed by atoms with Crippen LogP contribution in [0.15, 0.2) is 0 Å². The molecule has 0 rings (SSSR count). The Kier molecular flexibility index (Phi) is 21.6. The van der Waals surface area contributed by atoms with Crippen LogP contribution in [0.1, 0.15) is 136 Å². The Hall–Kier alpha value is 0.189. The van der Waals surface area contributed by atoms with Crippen molar-refractivity contribution < 1.29 is 0 Å². The van der Waals surface area contributed by atoms with Crippen LogP contribution < -0.4 is 0 Å². The van der Waals surface area contributed by atoms with Crippen LogP contribution in [0.3, 0.4) is 0 Å². The zero-order valence-electron chi connectivity index (χ0n) is 18.5. The van der Waals surface area contributed by atoms with Gasteiger partial charge in [0.25, 0.3) is 0 Å². The summed E-state index contributed by atoms with van der Waals surface area (Å²) in [5.74, 6) is 0. The minimum absolute atomic E-state index is 1.27.